The van der Waals surface area contributed by atoms with Crippen molar-refractivity contribution in [2.75, 3.05) is 0 Å². The first-order valence-corrected chi connectivity index (χ1v) is 23.7. The van der Waals surface area contributed by atoms with Crippen LogP contribution < -0.4 is 0 Å². The SMILES string of the molecule is CC(C)C(C)(C)[Si](C)(C)C#Cc1ccccc1C#Cc1cc(C#Cc2ccccc2C#C[Si](C)(C)C(C)(C)C(C)C)c(Br)cc1Br. The Labute approximate surface area is 299 Å². The Kier molecular flexibility index (Phi) is 12.3. The van der Waals surface area contributed by atoms with Gasteiger partial charge in [-0.25, -0.2) is 0 Å². The third kappa shape index (κ3) is 8.80. The Bertz CT molecular complexity index is 1710. The van der Waals surface area contributed by atoms with Crippen LogP contribution in [0.25, 0.3) is 0 Å². The van der Waals surface area contributed by atoms with E-state index in [0.717, 1.165) is 42.3 Å². The van der Waals surface area contributed by atoms with Crippen LogP contribution in [-0.4, -0.2) is 16.1 Å². The number of rotatable bonds is 4. The van der Waals surface area contributed by atoms with Crippen molar-refractivity contribution in [3.8, 4) is 46.6 Å². The average molecular weight is 769 g/mol. The third-order valence-corrected chi connectivity index (χ3v) is 21.1. The topological polar surface area (TPSA) is 0 Å². The molecule has 0 bridgehead atoms. The summed E-state index contributed by atoms with van der Waals surface area (Å²) in [5.41, 5.74) is 13.0. The zero-order valence-electron chi connectivity index (χ0n) is 29.7. The van der Waals surface area contributed by atoms with Crippen LogP contribution in [-0.2, 0) is 0 Å². The number of halogens is 2. The Hall–Kier alpha value is -2.71. The fourth-order valence-corrected chi connectivity index (χ4v) is 10.2. The summed E-state index contributed by atoms with van der Waals surface area (Å²) in [6, 6.07) is 20.4. The van der Waals surface area contributed by atoms with Crippen molar-refractivity contribution in [1.29, 1.82) is 0 Å². The summed E-state index contributed by atoms with van der Waals surface area (Å²) in [6.07, 6.45) is 0. The van der Waals surface area contributed by atoms with Crippen LogP contribution in [0.15, 0.2) is 69.6 Å². The van der Waals surface area contributed by atoms with Crippen LogP contribution in [0, 0.1) is 58.4 Å². The molecular weight excluding hydrogens is 720 g/mol. The van der Waals surface area contributed by atoms with Crippen LogP contribution in [0.2, 0.25) is 36.3 Å². The first-order chi connectivity index (χ1) is 21.3. The van der Waals surface area contributed by atoms with Crippen molar-refractivity contribution in [3.05, 3.63) is 103 Å². The van der Waals surface area contributed by atoms with Gasteiger partial charge in [-0.2, -0.15) is 0 Å². The molecule has 0 N–H and O–H groups in total. The van der Waals surface area contributed by atoms with E-state index in [1.807, 2.05) is 36.4 Å². The van der Waals surface area contributed by atoms with Gasteiger partial charge in [0.1, 0.15) is 16.1 Å². The van der Waals surface area contributed by atoms with Crippen LogP contribution in [0.3, 0.4) is 0 Å². The highest BCUT2D eigenvalue weighted by Gasteiger charge is 2.41. The van der Waals surface area contributed by atoms with Gasteiger partial charge in [0.05, 0.1) is 0 Å². The first kappa shape index (κ1) is 37.7. The molecule has 3 aromatic rings. The van der Waals surface area contributed by atoms with Crippen molar-refractivity contribution in [3.63, 3.8) is 0 Å². The summed E-state index contributed by atoms with van der Waals surface area (Å²) in [6.45, 7) is 28.1. The standard InChI is InChI=1S/C42H48Br2Si2/c1-31(2)41(5,6)45(9,10)27-25-35-19-15-13-17-33(35)21-23-37-29-38(40(44)30-39(37)43)24-22-34-18-14-16-20-36(34)26-28-46(11,12)42(7,8)32(3)4/h13-20,29-32H,1-12H3. The van der Waals surface area contributed by atoms with Gasteiger partial charge in [0, 0.05) is 42.3 Å². The smallest absolute Gasteiger partial charge is 0.126 e. The van der Waals surface area contributed by atoms with Gasteiger partial charge >= 0.3 is 0 Å². The largest absolute Gasteiger partial charge is 0.138 e. The molecule has 0 atom stereocenters. The monoisotopic (exact) mass is 766 g/mol. The molecule has 0 fully saturated rings. The second-order valence-corrected chi connectivity index (χ2v) is 26.2. The van der Waals surface area contributed by atoms with Gasteiger partial charge in [-0.1, -0.05) is 141 Å². The van der Waals surface area contributed by atoms with Gasteiger partial charge in [0.25, 0.3) is 0 Å². The predicted octanol–water partition coefficient (Wildman–Crippen LogP) is 12.1. The Morgan fingerprint density at radius 1 is 0.478 bits per heavy atom. The van der Waals surface area contributed by atoms with E-state index in [0.29, 0.717) is 11.8 Å². The summed E-state index contributed by atoms with van der Waals surface area (Å²) in [5.74, 6) is 21.8. The second kappa shape index (κ2) is 15.0. The van der Waals surface area contributed by atoms with E-state index >= 15 is 0 Å². The normalized spacial score (nSPS) is 11.8. The maximum atomic E-state index is 3.72. The molecule has 0 amide bonds. The molecule has 0 radical (unpaired) electrons. The molecule has 0 aromatic heterocycles. The zero-order valence-corrected chi connectivity index (χ0v) is 34.9. The predicted molar refractivity (Wildman–Crippen MR) is 213 cm³/mol. The van der Waals surface area contributed by atoms with Crippen molar-refractivity contribution < 1.29 is 0 Å². The first-order valence-electron chi connectivity index (χ1n) is 16.1. The fraction of sp³-hybridized carbons (Fsp3) is 0.381. The van der Waals surface area contributed by atoms with Crippen molar-refractivity contribution in [1.82, 2.24) is 0 Å². The van der Waals surface area contributed by atoms with Crippen molar-refractivity contribution in [2.24, 2.45) is 11.8 Å². The molecule has 0 unspecified atom stereocenters. The molecule has 4 heteroatoms. The number of benzene rings is 3. The highest BCUT2D eigenvalue weighted by Crippen LogP contribution is 2.44. The molecule has 0 saturated carbocycles. The van der Waals surface area contributed by atoms with Gasteiger partial charge in [0.15, 0.2) is 0 Å². The summed E-state index contributed by atoms with van der Waals surface area (Å²) in [7, 11) is -3.64. The molecule has 46 heavy (non-hydrogen) atoms. The molecule has 0 aliphatic heterocycles. The number of hydrogen-bond donors (Lipinski definition) is 0. The Morgan fingerprint density at radius 3 is 1.07 bits per heavy atom. The highest BCUT2D eigenvalue weighted by atomic mass is 79.9. The van der Waals surface area contributed by atoms with Crippen LogP contribution in [0.4, 0.5) is 0 Å². The zero-order chi connectivity index (χ0) is 34.5. The minimum Gasteiger partial charge on any atom is -0.126 e. The molecule has 0 spiro atoms. The lowest BCUT2D eigenvalue weighted by molar-refractivity contribution is 0.462. The maximum absolute atomic E-state index is 3.72. The van der Waals surface area contributed by atoms with Gasteiger partial charge in [-0.15, -0.1) is 11.1 Å². The molecule has 238 valence electrons. The molecule has 0 aliphatic carbocycles. The average Bonchev–Trinajstić information content (AvgIpc) is 2.98. The fourth-order valence-electron chi connectivity index (χ4n) is 4.62. The second-order valence-electron chi connectivity index (χ2n) is 14.9. The molecule has 0 nitrogen and oxygen atoms in total. The summed E-state index contributed by atoms with van der Waals surface area (Å²) < 4.78 is 1.83. The van der Waals surface area contributed by atoms with E-state index in [2.05, 4.69) is 184 Å². The highest BCUT2D eigenvalue weighted by molar-refractivity contribution is 9.11. The van der Waals surface area contributed by atoms with Gasteiger partial charge in [-0.3, -0.25) is 0 Å². The Balaban J connectivity index is 1.99. The van der Waals surface area contributed by atoms with Gasteiger partial charge < -0.3 is 0 Å². The van der Waals surface area contributed by atoms with E-state index < -0.39 is 16.1 Å². The summed E-state index contributed by atoms with van der Waals surface area (Å²) in [4.78, 5) is 0. The number of hydrogen-bond acceptors (Lipinski definition) is 0. The van der Waals surface area contributed by atoms with Crippen LogP contribution in [0.5, 0.6) is 0 Å². The lowest BCUT2D eigenvalue weighted by atomic mass is 9.99. The summed E-state index contributed by atoms with van der Waals surface area (Å²) >= 11 is 7.44. The molecule has 3 rings (SSSR count). The molecule has 3 aromatic carbocycles. The third-order valence-electron chi connectivity index (χ3n) is 10.7. The molecular formula is C42H48Br2Si2. The van der Waals surface area contributed by atoms with Crippen molar-refractivity contribution >= 4 is 48.0 Å². The quantitative estimate of drug-likeness (QED) is 0.183. The lowest BCUT2D eigenvalue weighted by Gasteiger charge is -2.39. The van der Waals surface area contributed by atoms with Gasteiger partial charge in [0.2, 0.25) is 0 Å². The minimum absolute atomic E-state index is 0.205. The molecule has 0 saturated heterocycles. The van der Waals surface area contributed by atoms with E-state index in [1.165, 1.54) is 0 Å². The lowest BCUT2D eigenvalue weighted by Crippen LogP contribution is -2.41. The maximum Gasteiger partial charge on any atom is 0.138 e. The van der Waals surface area contributed by atoms with Gasteiger partial charge in [-0.05, 0) is 90.2 Å². The molecule has 0 aliphatic rings. The van der Waals surface area contributed by atoms with E-state index in [1.54, 1.807) is 0 Å². The van der Waals surface area contributed by atoms with E-state index in [-0.39, 0.29) is 10.1 Å². The van der Waals surface area contributed by atoms with Crippen LogP contribution >= 0.6 is 31.9 Å². The van der Waals surface area contributed by atoms with Crippen molar-refractivity contribution in [2.45, 2.75) is 91.7 Å². The van der Waals surface area contributed by atoms with E-state index in [4.69, 9.17) is 0 Å². The van der Waals surface area contributed by atoms with E-state index in [9.17, 15) is 0 Å². The van der Waals surface area contributed by atoms with Crippen LogP contribution in [0.1, 0.15) is 88.8 Å². The summed E-state index contributed by atoms with van der Waals surface area (Å²) in [5, 5.41) is 0.410. The Morgan fingerprint density at radius 2 is 0.761 bits per heavy atom. The molecule has 0 heterocycles. The minimum atomic E-state index is -1.82.